The van der Waals surface area contributed by atoms with E-state index >= 15 is 0 Å². The van der Waals surface area contributed by atoms with Crippen molar-refractivity contribution in [3.05, 3.63) is 79.5 Å². The lowest BCUT2D eigenvalue weighted by atomic mass is 10.1. The summed E-state index contributed by atoms with van der Waals surface area (Å²) < 4.78 is 7.18. The highest BCUT2D eigenvalue weighted by molar-refractivity contribution is 6.06. The van der Waals surface area contributed by atoms with E-state index in [9.17, 15) is 29.8 Å². The molecule has 0 radical (unpaired) electrons. The van der Waals surface area contributed by atoms with E-state index in [1.165, 1.54) is 0 Å². The van der Waals surface area contributed by atoms with Gasteiger partial charge < -0.3 is 14.6 Å². The Bertz CT molecular complexity index is 1250. The van der Waals surface area contributed by atoms with E-state index in [1.807, 2.05) is 35.8 Å². The largest absolute Gasteiger partial charge is 0.462 e. The van der Waals surface area contributed by atoms with Crippen LogP contribution in [0.15, 0.2) is 42.5 Å². The Labute approximate surface area is 194 Å². The van der Waals surface area contributed by atoms with Gasteiger partial charge in [0.2, 0.25) is 0 Å². The van der Waals surface area contributed by atoms with E-state index in [-0.39, 0.29) is 18.2 Å². The molecule has 3 rings (SSSR count). The molecule has 0 aliphatic rings. The van der Waals surface area contributed by atoms with Crippen molar-refractivity contribution in [2.75, 3.05) is 6.61 Å². The van der Waals surface area contributed by atoms with E-state index in [1.54, 1.807) is 13.8 Å². The standard InChI is InChI=1S/C23H24N4O7/c1-4-34-23(29)21-15(3)25(20-8-6-5-7-19(20)21)10-9-14(2)24-22(28)16-11-17(26(30)31)13-18(12-16)27(32)33/h5-8,11-14H,4,9-10H2,1-3H3,(H,24,28). The third-order valence-electron chi connectivity index (χ3n) is 5.46. The number of non-ortho nitro benzene ring substituents is 2. The number of amides is 1. The minimum atomic E-state index is -0.783. The Morgan fingerprint density at radius 3 is 2.29 bits per heavy atom. The van der Waals surface area contributed by atoms with E-state index in [2.05, 4.69) is 5.32 Å². The number of aromatic nitrogens is 1. The number of nitro benzene ring substituents is 2. The molecule has 0 aliphatic carbocycles. The maximum absolute atomic E-state index is 12.6. The summed E-state index contributed by atoms with van der Waals surface area (Å²) >= 11 is 0. The van der Waals surface area contributed by atoms with Gasteiger partial charge in [-0.05, 0) is 33.3 Å². The molecule has 1 N–H and O–H groups in total. The Hall–Kier alpha value is -4.28. The van der Waals surface area contributed by atoms with Crippen LogP contribution in [0, 0.1) is 27.2 Å². The van der Waals surface area contributed by atoms with Crippen LogP contribution in [-0.4, -0.2) is 38.9 Å². The molecule has 1 unspecified atom stereocenters. The quantitative estimate of drug-likeness (QED) is 0.282. The van der Waals surface area contributed by atoms with Crippen LogP contribution in [0.3, 0.4) is 0 Å². The number of nitrogens with one attached hydrogen (secondary N) is 1. The van der Waals surface area contributed by atoms with Gasteiger partial charge >= 0.3 is 5.97 Å². The topological polar surface area (TPSA) is 147 Å². The van der Waals surface area contributed by atoms with Gasteiger partial charge in [0.15, 0.2) is 0 Å². The molecular formula is C23H24N4O7. The molecule has 2 aromatic carbocycles. The number of nitro groups is 2. The fourth-order valence-corrected chi connectivity index (χ4v) is 3.82. The first kappa shape index (κ1) is 24.4. The number of para-hydroxylation sites is 1. The van der Waals surface area contributed by atoms with Gasteiger partial charge in [-0.2, -0.15) is 0 Å². The van der Waals surface area contributed by atoms with Crippen LogP contribution < -0.4 is 5.32 Å². The Balaban J connectivity index is 1.78. The molecule has 11 nitrogen and oxygen atoms in total. The zero-order chi connectivity index (χ0) is 25.0. The van der Waals surface area contributed by atoms with E-state index in [4.69, 9.17) is 4.74 Å². The maximum atomic E-state index is 12.6. The molecule has 1 aromatic heterocycles. The van der Waals surface area contributed by atoms with Crippen molar-refractivity contribution in [1.29, 1.82) is 0 Å². The van der Waals surface area contributed by atoms with Crippen molar-refractivity contribution in [3.8, 4) is 0 Å². The second-order valence-corrected chi connectivity index (χ2v) is 7.77. The lowest BCUT2D eigenvalue weighted by molar-refractivity contribution is -0.394. The van der Waals surface area contributed by atoms with Gasteiger partial charge in [0.05, 0.1) is 33.6 Å². The molecule has 11 heteroatoms. The van der Waals surface area contributed by atoms with Crippen LogP contribution in [0.25, 0.3) is 10.9 Å². The normalized spacial score (nSPS) is 11.7. The van der Waals surface area contributed by atoms with Crippen molar-refractivity contribution in [3.63, 3.8) is 0 Å². The molecule has 0 fully saturated rings. The molecule has 34 heavy (non-hydrogen) atoms. The van der Waals surface area contributed by atoms with Gasteiger partial charge in [-0.15, -0.1) is 0 Å². The monoisotopic (exact) mass is 468 g/mol. The summed E-state index contributed by atoms with van der Waals surface area (Å²) in [5.41, 5.74) is 0.863. The molecule has 1 heterocycles. The molecule has 178 valence electrons. The highest BCUT2D eigenvalue weighted by Crippen LogP contribution is 2.27. The molecule has 1 amide bonds. The molecule has 0 spiro atoms. The van der Waals surface area contributed by atoms with Crippen molar-refractivity contribution >= 4 is 34.2 Å². The van der Waals surface area contributed by atoms with Crippen molar-refractivity contribution < 1.29 is 24.2 Å². The number of carbonyl (C=O) groups is 2. The number of rotatable bonds is 9. The Morgan fingerprint density at radius 1 is 1.09 bits per heavy atom. The third kappa shape index (κ3) is 5.03. The number of aryl methyl sites for hydroxylation is 1. The van der Waals surface area contributed by atoms with Crippen molar-refractivity contribution in [2.24, 2.45) is 0 Å². The summed E-state index contributed by atoms with van der Waals surface area (Å²) in [4.78, 5) is 45.7. The van der Waals surface area contributed by atoms with Gasteiger partial charge in [-0.3, -0.25) is 25.0 Å². The smallest absolute Gasteiger partial charge is 0.340 e. The van der Waals surface area contributed by atoms with Crippen molar-refractivity contribution in [2.45, 2.75) is 39.8 Å². The summed E-state index contributed by atoms with van der Waals surface area (Å²) in [6.07, 6.45) is 0.477. The molecule has 3 aromatic rings. The lowest BCUT2D eigenvalue weighted by Crippen LogP contribution is -2.33. The minimum absolute atomic E-state index is 0.167. The molecule has 0 saturated heterocycles. The molecule has 0 aliphatic heterocycles. The number of hydrogen-bond acceptors (Lipinski definition) is 7. The highest BCUT2D eigenvalue weighted by atomic mass is 16.6. The van der Waals surface area contributed by atoms with Crippen LogP contribution in [0.2, 0.25) is 0 Å². The van der Waals surface area contributed by atoms with Gasteiger partial charge in [-0.1, -0.05) is 18.2 Å². The van der Waals surface area contributed by atoms with Gasteiger partial charge in [-0.25, -0.2) is 4.79 Å². The second kappa shape index (κ2) is 10.1. The third-order valence-corrected chi connectivity index (χ3v) is 5.46. The summed E-state index contributed by atoms with van der Waals surface area (Å²) in [5.74, 6) is -1.05. The average Bonchev–Trinajstić information content (AvgIpc) is 3.08. The molecule has 1 atom stereocenters. The molecule has 0 saturated carbocycles. The second-order valence-electron chi connectivity index (χ2n) is 7.77. The molecule has 0 bridgehead atoms. The van der Waals surface area contributed by atoms with E-state index in [0.29, 0.717) is 18.5 Å². The highest BCUT2D eigenvalue weighted by Gasteiger charge is 2.23. The summed E-state index contributed by atoms with van der Waals surface area (Å²) in [6, 6.07) is 9.92. The van der Waals surface area contributed by atoms with Crippen molar-refractivity contribution in [1.82, 2.24) is 9.88 Å². The first-order valence-corrected chi connectivity index (χ1v) is 10.6. The number of benzene rings is 2. The number of hydrogen-bond donors (Lipinski definition) is 1. The van der Waals surface area contributed by atoms with Gasteiger partial charge in [0.1, 0.15) is 0 Å². The maximum Gasteiger partial charge on any atom is 0.340 e. The van der Waals surface area contributed by atoms with Crippen LogP contribution in [-0.2, 0) is 11.3 Å². The zero-order valence-electron chi connectivity index (χ0n) is 18.9. The fourth-order valence-electron chi connectivity index (χ4n) is 3.82. The summed E-state index contributed by atoms with van der Waals surface area (Å²) in [7, 11) is 0. The van der Waals surface area contributed by atoms with E-state index in [0.717, 1.165) is 34.8 Å². The van der Waals surface area contributed by atoms with Crippen LogP contribution >= 0.6 is 0 Å². The predicted octanol–water partition coefficient (Wildman–Crippen LogP) is 4.15. The average molecular weight is 468 g/mol. The number of carbonyl (C=O) groups excluding carboxylic acids is 2. The number of nitrogens with zero attached hydrogens (tertiary/aromatic N) is 3. The lowest BCUT2D eigenvalue weighted by Gasteiger charge is -2.16. The minimum Gasteiger partial charge on any atom is -0.462 e. The van der Waals surface area contributed by atoms with Crippen LogP contribution in [0.4, 0.5) is 11.4 Å². The zero-order valence-corrected chi connectivity index (χ0v) is 18.9. The number of fused-ring (bicyclic) bond motifs is 1. The van der Waals surface area contributed by atoms with Crippen LogP contribution in [0.5, 0.6) is 0 Å². The van der Waals surface area contributed by atoms with Crippen LogP contribution in [0.1, 0.15) is 46.7 Å². The SMILES string of the molecule is CCOC(=O)c1c(C)n(CCC(C)NC(=O)c2cc([N+](=O)[O-])cc([N+](=O)[O-])c2)c2ccccc12. The number of ether oxygens (including phenoxy) is 1. The van der Waals surface area contributed by atoms with Gasteiger partial charge in [0.25, 0.3) is 17.3 Å². The van der Waals surface area contributed by atoms with E-state index < -0.39 is 33.1 Å². The first-order chi connectivity index (χ1) is 16.1. The Morgan fingerprint density at radius 2 is 1.71 bits per heavy atom. The summed E-state index contributed by atoms with van der Waals surface area (Å²) in [5, 5.41) is 25.7. The fraction of sp³-hybridized carbons (Fsp3) is 0.304. The Kier molecular flexibility index (Phi) is 7.24. The number of esters is 1. The predicted molar refractivity (Wildman–Crippen MR) is 124 cm³/mol. The summed E-state index contributed by atoms with van der Waals surface area (Å²) in [6.45, 7) is 6.07. The molecular weight excluding hydrogens is 444 g/mol. The first-order valence-electron chi connectivity index (χ1n) is 10.6. The van der Waals surface area contributed by atoms with Gasteiger partial charge in [0, 0.05) is 41.3 Å².